The number of nitrogens with one attached hydrogen (secondary N) is 3. The van der Waals surface area contributed by atoms with Gasteiger partial charge in [0.2, 0.25) is 17.7 Å². The van der Waals surface area contributed by atoms with Crippen LogP contribution >= 0.6 is 0 Å². The number of alkyl carbamates (subject to hydrolysis) is 1. The Morgan fingerprint density at radius 2 is 1.61 bits per heavy atom. The van der Waals surface area contributed by atoms with E-state index in [2.05, 4.69) is 16.0 Å². The lowest BCUT2D eigenvalue weighted by molar-refractivity contribution is -0.149. The van der Waals surface area contributed by atoms with Crippen molar-refractivity contribution < 1.29 is 33.4 Å². The van der Waals surface area contributed by atoms with Crippen LogP contribution in [0.4, 0.5) is 4.79 Å². The highest BCUT2D eigenvalue weighted by atomic mass is 16.6. The molecule has 1 heterocycles. The van der Waals surface area contributed by atoms with E-state index in [1.165, 1.54) is 4.90 Å². The zero-order valence-corrected chi connectivity index (χ0v) is 26.9. The summed E-state index contributed by atoms with van der Waals surface area (Å²) >= 11 is 0. The van der Waals surface area contributed by atoms with Crippen molar-refractivity contribution in [1.29, 1.82) is 0 Å². The van der Waals surface area contributed by atoms with Gasteiger partial charge in [0.15, 0.2) is 0 Å². The Balaban J connectivity index is 1.59. The summed E-state index contributed by atoms with van der Waals surface area (Å²) in [4.78, 5) is 66.9. The van der Waals surface area contributed by atoms with Crippen LogP contribution in [0.25, 0.3) is 0 Å². The van der Waals surface area contributed by atoms with Gasteiger partial charge < -0.3 is 30.3 Å². The summed E-state index contributed by atoms with van der Waals surface area (Å²) in [6, 6.07) is 6.87. The molecule has 1 aliphatic carbocycles. The first kappa shape index (κ1) is 34.9. The Kier molecular flexibility index (Phi) is 13.0. The van der Waals surface area contributed by atoms with E-state index < -0.39 is 47.6 Å². The van der Waals surface area contributed by atoms with Gasteiger partial charge in [0.25, 0.3) is 0 Å². The van der Waals surface area contributed by atoms with Crippen LogP contribution in [-0.4, -0.2) is 71.5 Å². The summed E-state index contributed by atoms with van der Waals surface area (Å²) in [5.74, 6) is -1.74. The summed E-state index contributed by atoms with van der Waals surface area (Å²) in [6.45, 7) is 9.30. The van der Waals surface area contributed by atoms with Crippen molar-refractivity contribution in [3.05, 3.63) is 35.9 Å². The first-order chi connectivity index (χ1) is 20.8. The van der Waals surface area contributed by atoms with Crippen molar-refractivity contribution in [3.8, 4) is 0 Å². The third-order valence-electron chi connectivity index (χ3n) is 7.87. The molecule has 1 aromatic rings. The molecule has 11 nitrogen and oxygen atoms in total. The van der Waals surface area contributed by atoms with Crippen LogP contribution in [0.5, 0.6) is 0 Å². The van der Waals surface area contributed by atoms with Crippen molar-refractivity contribution in [2.24, 2.45) is 11.8 Å². The molecule has 4 amide bonds. The van der Waals surface area contributed by atoms with E-state index in [9.17, 15) is 24.0 Å². The molecule has 1 saturated heterocycles. The third-order valence-corrected chi connectivity index (χ3v) is 7.87. The van der Waals surface area contributed by atoms with E-state index in [0.29, 0.717) is 25.8 Å². The van der Waals surface area contributed by atoms with Gasteiger partial charge in [-0.3, -0.25) is 14.4 Å². The minimum atomic E-state index is -0.858. The normalized spacial score (nSPS) is 18.7. The van der Waals surface area contributed by atoms with Crippen LogP contribution in [-0.2, 0) is 35.3 Å². The molecule has 0 radical (unpaired) electrons. The highest BCUT2D eigenvalue weighted by molar-refractivity contribution is 5.94. The number of hydrogen-bond donors (Lipinski definition) is 3. The molecule has 0 bridgehead atoms. The zero-order valence-electron chi connectivity index (χ0n) is 26.9. The molecular weight excluding hydrogens is 564 g/mol. The van der Waals surface area contributed by atoms with Gasteiger partial charge in [0, 0.05) is 6.54 Å². The molecule has 1 aliphatic heterocycles. The number of amides is 4. The van der Waals surface area contributed by atoms with Crippen molar-refractivity contribution in [3.63, 3.8) is 0 Å². The second kappa shape index (κ2) is 16.4. The fourth-order valence-electron chi connectivity index (χ4n) is 5.81. The monoisotopic (exact) mass is 614 g/mol. The van der Waals surface area contributed by atoms with Gasteiger partial charge in [-0.05, 0) is 70.3 Å². The Morgan fingerprint density at radius 1 is 0.932 bits per heavy atom. The quantitative estimate of drug-likeness (QED) is 0.304. The fraction of sp³-hybridized carbons (Fsp3) is 0.667. The molecule has 11 heteroatoms. The van der Waals surface area contributed by atoms with Gasteiger partial charge in [-0.25, -0.2) is 9.59 Å². The first-order valence-corrected chi connectivity index (χ1v) is 15.9. The molecule has 3 N–H and O–H groups in total. The van der Waals surface area contributed by atoms with Crippen LogP contribution in [0.2, 0.25) is 0 Å². The summed E-state index contributed by atoms with van der Waals surface area (Å²) in [6.07, 6.45) is 5.45. The van der Waals surface area contributed by atoms with Gasteiger partial charge >= 0.3 is 12.1 Å². The first-order valence-electron chi connectivity index (χ1n) is 15.9. The van der Waals surface area contributed by atoms with Crippen LogP contribution in [0.3, 0.4) is 0 Å². The Bertz CT molecular complexity index is 1130. The summed E-state index contributed by atoms with van der Waals surface area (Å²) in [7, 11) is 0. The molecule has 3 atom stereocenters. The molecule has 0 unspecified atom stereocenters. The van der Waals surface area contributed by atoms with E-state index >= 15 is 0 Å². The molecule has 3 rings (SSSR count). The molecule has 44 heavy (non-hydrogen) atoms. The third kappa shape index (κ3) is 11.1. The standard InChI is InChI=1S/C33H50N4O7/c1-22(2)19-25(31(41)43-21-23-13-8-6-9-14-23)35-27(38)20-34-29(39)26-17-12-18-37(26)30(40)28(24-15-10-7-11-16-24)36-32(42)44-33(3,4)5/h6,8-9,13-14,22,24-26,28H,7,10-12,15-21H2,1-5H3,(H,34,39)(H,35,38)(H,36,42)/t25-,26+,28-/m1/s1. The SMILES string of the molecule is CC(C)C[C@@H](NC(=O)CNC(=O)[C@@H]1CCCN1C(=O)[C@H](NC(=O)OC(C)(C)C)C1CCCCC1)C(=O)OCc1ccccc1. The molecular formula is C33H50N4O7. The van der Waals surface area contributed by atoms with Crippen molar-refractivity contribution in [1.82, 2.24) is 20.9 Å². The van der Waals surface area contributed by atoms with Crippen LogP contribution in [0, 0.1) is 11.8 Å². The van der Waals surface area contributed by atoms with Crippen molar-refractivity contribution >= 4 is 29.8 Å². The Labute approximate surface area is 261 Å². The number of ether oxygens (including phenoxy) is 2. The number of carbonyl (C=O) groups excluding carboxylic acids is 5. The topological polar surface area (TPSA) is 143 Å². The predicted molar refractivity (Wildman–Crippen MR) is 165 cm³/mol. The van der Waals surface area contributed by atoms with Gasteiger partial charge in [-0.1, -0.05) is 63.4 Å². The summed E-state index contributed by atoms with van der Waals surface area (Å²) in [5, 5.41) is 8.15. The predicted octanol–water partition coefficient (Wildman–Crippen LogP) is 3.84. The highest BCUT2D eigenvalue weighted by Crippen LogP contribution is 2.29. The number of esters is 1. The zero-order chi connectivity index (χ0) is 32.3. The van der Waals surface area contributed by atoms with Gasteiger partial charge in [0.05, 0.1) is 6.54 Å². The lowest BCUT2D eigenvalue weighted by Gasteiger charge is -2.35. The van der Waals surface area contributed by atoms with E-state index in [0.717, 1.165) is 37.7 Å². The molecule has 2 aliphatic rings. The maximum absolute atomic E-state index is 13.8. The second-order valence-corrected chi connectivity index (χ2v) is 13.3. The number of carbonyl (C=O) groups is 5. The largest absolute Gasteiger partial charge is 0.459 e. The summed E-state index contributed by atoms with van der Waals surface area (Å²) in [5.41, 5.74) is 0.124. The molecule has 1 aromatic carbocycles. The fourth-order valence-corrected chi connectivity index (χ4v) is 5.81. The molecule has 2 fully saturated rings. The maximum atomic E-state index is 13.8. The van der Waals surface area contributed by atoms with Crippen molar-refractivity contribution in [2.75, 3.05) is 13.1 Å². The smallest absolute Gasteiger partial charge is 0.408 e. The average molecular weight is 615 g/mol. The van der Waals surface area contributed by atoms with Gasteiger partial charge in [0.1, 0.15) is 30.3 Å². The average Bonchev–Trinajstić information content (AvgIpc) is 3.47. The number of likely N-dealkylation sites (tertiary alicyclic amines) is 1. The number of benzene rings is 1. The minimum Gasteiger partial charge on any atom is -0.459 e. The minimum absolute atomic E-state index is 0.0432. The Hall–Kier alpha value is -3.63. The van der Waals surface area contributed by atoms with Crippen LogP contribution in [0.1, 0.15) is 91.5 Å². The number of hydrogen-bond acceptors (Lipinski definition) is 7. The molecule has 1 saturated carbocycles. The van der Waals surface area contributed by atoms with Crippen LogP contribution < -0.4 is 16.0 Å². The van der Waals surface area contributed by atoms with E-state index in [1.807, 2.05) is 44.2 Å². The molecule has 244 valence electrons. The number of rotatable bonds is 12. The molecule has 0 aromatic heterocycles. The van der Waals surface area contributed by atoms with E-state index in [4.69, 9.17) is 9.47 Å². The molecule has 0 spiro atoms. The van der Waals surface area contributed by atoms with Crippen molar-refractivity contribution in [2.45, 2.75) is 116 Å². The maximum Gasteiger partial charge on any atom is 0.408 e. The van der Waals surface area contributed by atoms with E-state index in [1.54, 1.807) is 20.8 Å². The Morgan fingerprint density at radius 3 is 2.25 bits per heavy atom. The van der Waals surface area contributed by atoms with Gasteiger partial charge in [-0.2, -0.15) is 0 Å². The van der Waals surface area contributed by atoms with Crippen LogP contribution in [0.15, 0.2) is 30.3 Å². The highest BCUT2D eigenvalue weighted by Gasteiger charge is 2.41. The lowest BCUT2D eigenvalue weighted by atomic mass is 9.83. The van der Waals surface area contributed by atoms with E-state index in [-0.39, 0.29) is 30.9 Å². The number of nitrogens with zero attached hydrogens (tertiary/aromatic N) is 1. The van der Waals surface area contributed by atoms with Gasteiger partial charge in [-0.15, -0.1) is 0 Å². The summed E-state index contributed by atoms with van der Waals surface area (Å²) < 4.78 is 10.9. The second-order valence-electron chi connectivity index (χ2n) is 13.3. The lowest BCUT2D eigenvalue weighted by Crippen LogP contribution is -2.57.